The molecule has 2 N–H and O–H groups in total. The highest BCUT2D eigenvalue weighted by Gasteiger charge is 2.40. The third-order valence-electron chi connectivity index (χ3n) is 4.14. The predicted molar refractivity (Wildman–Crippen MR) is 104 cm³/mol. The molecule has 162 valence electrons. The van der Waals surface area contributed by atoms with Gasteiger partial charge >= 0.3 is 6.18 Å². The lowest BCUT2D eigenvalue weighted by atomic mass is 10.0. The number of amides is 2. The van der Waals surface area contributed by atoms with Crippen molar-refractivity contribution in [3.05, 3.63) is 22.6 Å². The molecule has 0 aliphatic carbocycles. The fourth-order valence-corrected chi connectivity index (χ4v) is 3.23. The quantitative estimate of drug-likeness (QED) is 0.472. The lowest BCUT2D eigenvalue weighted by Crippen LogP contribution is -2.33. The molecule has 13 heteroatoms. The van der Waals surface area contributed by atoms with Crippen molar-refractivity contribution in [1.29, 1.82) is 0 Å². The Labute approximate surface area is 180 Å². The van der Waals surface area contributed by atoms with Crippen molar-refractivity contribution < 1.29 is 31.9 Å². The topological polar surface area (TPSA) is 85.3 Å². The Hall–Kier alpha value is -2.34. The standard InChI is InChI=1S/C17H14BrClF4N4O3/c1-16(2,18)15(29)25-13-9(6(20)4-7-11(13)24-8(28)5-30-7)12-10(19)14(17(21,22)23)27(3)26-12/h4H,5H2,1-3H3,(H,24,28)(H,25,29). The average molecular weight is 514 g/mol. The van der Waals surface area contributed by atoms with Crippen LogP contribution in [0.15, 0.2) is 6.07 Å². The first-order valence-corrected chi connectivity index (χ1v) is 9.48. The molecule has 7 nitrogen and oxygen atoms in total. The number of anilines is 2. The van der Waals surface area contributed by atoms with E-state index >= 15 is 4.39 Å². The van der Waals surface area contributed by atoms with Crippen molar-refractivity contribution in [2.24, 2.45) is 7.05 Å². The van der Waals surface area contributed by atoms with Crippen molar-refractivity contribution in [2.45, 2.75) is 24.3 Å². The Balaban J connectivity index is 2.31. The molecule has 2 amide bonds. The monoisotopic (exact) mass is 512 g/mol. The number of fused-ring (bicyclic) bond motifs is 1. The summed E-state index contributed by atoms with van der Waals surface area (Å²) in [6, 6.07) is 0.872. The van der Waals surface area contributed by atoms with Gasteiger partial charge in [0, 0.05) is 13.1 Å². The van der Waals surface area contributed by atoms with Gasteiger partial charge in [-0.15, -0.1) is 0 Å². The third kappa shape index (κ3) is 3.97. The number of benzene rings is 1. The van der Waals surface area contributed by atoms with Crippen LogP contribution >= 0.6 is 27.5 Å². The van der Waals surface area contributed by atoms with Gasteiger partial charge in [0.05, 0.1) is 20.6 Å². The minimum Gasteiger partial charge on any atom is -0.481 e. The first-order chi connectivity index (χ1) is 13.7. The summed E-state index contributed by atoms with van der Waals surface area (Å²) in [7, 11) is 0.999. The lowest BCUT2D eigenvalue weighted by Gasteiger charge is -2.25. The first-order valence-electron chi connectivity index (χ1n) is 8.31. The van der Waals surface area contributed by atoms with Crippen LogP contribution in [0.3, 0.4) is 0 Å². The van der Waals surface area contributed by atoms with Gasteiger partial charge in [-0.1, -0.05) is 27.5 Å². The molecular formula is C17H14BrClF4N4O3. The van der Waals surface area contributed by atoms with Crippen LogP contribution in [0.4, 0.5) is 28.9 Å². The van der Waals surface area contributed by atoms with E-state index in [-0.39, 0.29) is 17.1 Å². The van der Waals surface area contributed by atoms with Gasteiger partial charge in [0.2, 0.25) is 5.91 Å². The summed E-state index contributed by atoms with van der Waals surface area (Å²) >= 11 is 9.07. The van der Waals surface area contributed by atoms with E-state index in [9.17, 15) is 22.8 Å². The molecule has 3 rings (SSSR count). The number of halogens is 6. The highest BCUT2D eigenvalue weighted by atomic mass is 79.9. The van der Waals surface area contributed by atoms with Crippen molar-refractivity contribution >= 4 is 50.7 Å². The van der Waals surface area contributed by atoms with Crippen LogP contribution in [0.25, 0.3) is 11.3 Å². The average Bonchev–Trinajstić information content (AvgIpc) is 2.88. The van der Waals surface area contributed by atoms with Gasteiger partial charge in [-0.05, 0) is 13.8 Å². The highest BCUT2D eigenvalue weighted by Crippen LogP contribution is 2.48. The fourth-order valence-electron chi connectivity index (χ4n) is 2.77. The number of rotatable bonds is 3. The fraction of sp³-hybridized carbons (Fsp3) is 0.353. The van der Waals surface area contributed by atoms with E-state index in [1.807, 2.05) is 0 Å². The minimum absolute atomic E-state index is 0.110. The number of aryl methyl sites for hydroxylation is 1. The van der Waals surface area contributed by atoms with Crippen LogP contribution in [-0.4, -0.2) is 32.5 Å². The molecule has 2 heterocycles. The maximum Gasteiger partial charge on any atom is 0.434 e. The predicted octanol–water partition coefficient (Wildman–Crippen LogP) is 4.34. The zero-order valence-electron chi connectivity index (χ0n) is 15.7. The normalized spacial score (nSPS) is 14.1. The third-order valence-corrected chi connectivity index (χ3v) is 4.86. The Morgan fingerprint density at radius 3 is 2.57 bits per heavy atom. The number of alkyl halides is 4. The maximum atomic E-state index is 15.0. The van der Waals surface area contributed by atoms with E-state index in [1.165, 1.54) is 13.8 Å². The summed E-state index contributed by atoms with van der Waals surface area (Å²) in [4.78, 5) is 24.3. The van der Waals surface area contributed by atoms with E-state index in [2.05, 4.69) is 31.7 Å². The molecule has 0 fully saturated rings. The van der Waals surface area contributed by atoms with E-state index in [0.717, 1.165) is 13.1 Å². The van der Waals surface area contributed by atoms with E-state index in [4.69, 9.17) is 16.3 Å². The van der Waals surface area contributed by atoms with Crippen LogP contribution in [0.2, 0.25) is 5.02 Å². The van der Waals surface area contributed by atoms with Crippen LogP contribution in [0.5, 0.6) is 5.75 Å². The molecule has 30 heavy (non-hydrogen) atoms. The number of hydrogen-bond donors (Lipinski definition) is 2. The zero-order chi connectivity index (χ0) is 22.6. The van der Waals surface area contributed by atoms with Crippen LogP contribution in [-0.2, 0) is 22.8 Å². The van der Waals surface area contributed by atoms with E-state index < -0.39 is 56.7 Å². The molecule has 0 saturated carbocycles. The molecule has 1 aliphatic heterocycles. The van der Waals surface area contributed by atoms with Gasteiger partial charge in [-0.25, -0.2) is 4.39 Å². The summed E-state index contributed by atoms with van der Waals surface area (Å²) in [5.74, 6) is -2.43. The Morgan fingerprint density at radius 2 is 2.03 bits per heavy atom. The minimum atomic E-state index is -4.86. The number of nitrogens with zero attached hydrogens (tertiary/aromatic N) is 2. The molecule has 1 aromatic carbocycles. The van der Waals surface area contributed by atoms with Gasteiger partial charge in [0.1, 0.15) is 22.9 Å². The first kappa shape index (κ1) is 22.3. The molecule has 0 bridgehead atoms. The van der Waals surface area contributed by atoms with Crippen molar-refractivity contribution in [3.63, 3.8) is 0 Å². The molecule has 1 aliphatic rings. The number of hydrogen-bond acceptors (Lipinski definition) is 4. The second-order valence-electron chi connectivity index (χ2n) is 6.88. The van der Waals surface area contributed by atoms with Crippen molar-refractivity contribution in [3.8, 4) is 17.0 Å². The smallest absolute Gasteiger partial charge is 0.434 e. The van der Waals surface area contributed by atoms with Gasteiger partial charge in [0.15, 0.2) is 12.3 Å². The summed E-state index contributed by atoms with van der Waals surface area (Å²) in [6.45, 7) is 2.60. The van der Waals surface area contributed by atoms with Gasteiger partial charge in [-0.3, -0.25) is 14.3 Å². The molecule has 0 unspecified atom stereocenters. The second kappa shape index (κ2) is 7.41. The Bertz CT molecular complexity index is 1060. The maximum absolute atomic E-state index is 15.0. The van der Waals surface area contributed by atoms with Crippen LogP contribution < -0.4 is 15.4 Å². The van der Waals surface area contributed by atoms with Gasteiger partial charge in [0.25, 0.3) is 5.91 Å². The second-order valence-corrected chi connectivity index (χ2v) is 9.24. The molecule has 0 saturated heterocycles. The van der Waals surface area contributed by atoms with Crippen molar-refractivity contribution in [1.82, 2.24) is 9.78 Å². The summed E-state index contributed by atoms with van der Waals surface area (Å²) in [5.41, 5.74) is -2.84. The van der Waals surface area contributed by atoms with Gasteiger partial charge < -0.3 is 15.4 Å². The molecular weight excluding hydrogens is 500 g/mol. The summed E-state index contributed by atoms with van der Waals surface area (Å²) in [5, 5.41) is 7.71. The molecule has 2 aromatic rings. The van der Waals surface area contributed by atoms with E-state index in [1.54, 1.807) is 0 Å². The summed E-state index contributed by atoms with van der Waals surface area (Å²) in [6.07, 6.45) is -4.86. The lowest BCUT2D eigenvalue weighted by molar-refractivity contribution is -0.143. The van der Waals surface area contributed by atoms with Crippen LogP contribution in [0.1, 0.15) is 19.5 Å². The largest absolute Gasteiger partial charge is 0.481 e. The molecule has 0 atom stereocenters. The van der Waals surface area contributed by atoms with Crippen LogP contribution in [0, 0.1) is 5.82 Å². The number of carbonyl (C=O) groups is 2. The van der Waals surface area contributed by atoms with Gasteiger partial charge in [-0.2, -0.15) is 18.3 Å². The van der Waals surface area contributed by atoms with Crippen molar-refractivity contribution in [2.75, 3.05) is 17.2 Å². The number of aromatic nitrogens is 2. The zero-order valence-corrected chi connectivity index (χ0v) is 18.0. The number of nitrogens with one attached hydrogen (secondary N) is 2. The SMILES string of the molecule is Cn1nc(-c2c(F)cc3c(c2NC(=O)C(C)(C)Br)NC(=O)CO3)c(Cl)c1C(F)(F)F. The number of carbonyl (C=O) groups excluding carboxylic acids is 2. The van der Waals surface area contributed by atoms with E-state index in [0.29, 0.717) is 4.68 Å². The Morgan fingerprint density at radius 1 is 1.40 bits per heavy atom. The highest BCUT2D eigenvalue weighted by molar-refractivity contribution is 9.10. The Kier molecular flexibility index (Phi) is 5.52. The molecule has 0 spiro atoms. The number of ether oxygens (including phenoxy) is 1. The summed E-state index contributed by atoms with van der Waals surface area (Å²) < 4.78 is 59.6. The molecule has 0 radical (unpaired) electrons. The molecule has 1 aromatic heterocycles.